The lowest BCUT2D eigenvalue weighted by Crippen LogP contribution is -2.39. The minimum absolute atomic E-state index is 0.00673. The summed E-state index contributed by atoms with van der Waals surface area (Å²) in [7, 11) is -2.63. The summed E-state index contributed by atoms with van der Waals surface area (Å²) >= 11 is 6.48. The van der Waals surface area contributed by atoms with Gasteiger partial charge in [-0.1, -0.05) is 24.0 Å². The van der Waals surface area contributed by atoms with Crippen LogP contribution in [0.1, 0.15) is 12.2 Å². The third-order valence-electron chi connectivity index (χ3n) is 4.69. The Morgan fingerprint density at radius 2 is 2.00 bits per heavy atom. The zero-order chi connectivity index (χ0) is 20.8. The summed E-state index contributed by atoms with van der Waals surface area (Å²) in [6, 6.07) is 9.11. The number of thioether (sulfide) groups is 1. The Labute approximate surface area is 177 Å². The van der Waals surface area contributed by atoms with E-state index in [-0.39, 0.29) is 29.1 Å². The fourth-order valence-electron chi connectivity index (χ4n) is 3.26. The molecule has 1 unspecified atom stereocenters. The Hall–Kier alpha value is -2.18. The van der Waals surface area contributed by atoms with Gasteiger partial charge >= 0.3 is 0 Å². The normalized spacial score (nSPS) is 23.7. The molecule has 4 rings (SSSR count). The molecule has 0 bridgehead atoms. The summed E-state index contributed by atoms with van der Waals surface area (Å²) in [5, 5.41) is 10.8. The smallest absolute Gasteiger partial charge is 0.269 e. The first-order valence-electron chi connectivity index (χ1n) is 8.59. The van der Waals surface area contributed by atoms with Gasteiger partial charge in [0, 0.05) is 29.5 Å². The molecule has 1 amide bonds. The molecule has 1 aromatic heterocycles. The van der Waals surface area contributed by atoms with Crippen LogP contribution in [0.15, 0.2) is 45.7 Å². The second-order valence-corrected chi connectivity index (χ2v) is 10.7. The second kappa shape index (κ2) is 7.58. The van der Waals surface area contributed by atoms with Crippen LogP contribution < -0.4 is 0 Å². The van der Waals surface area contributed by atoms with Crippen molar-refractivity contribution in [3.8, 4) is 11.3 Å². The van der Waals surface area contributed by atoms with E-state index >= 15 is 0 Å². The quantitative estimate of drug-likeness (QED) is 0.300. The molecule has 2 N–H and O–H groups in total. The maximum atomic E-state index is 12.8. The van der Waals surface area contributed by atoms with Crippen molar-refractivity contribution in [2.75, 3.05) is 11.5 Å². The van der Waals surface area contributed by atoms with Gasteiger partial charge in [0.15, 0.2) is 0 Å². The largest absolute Gasteiger partial charge is 0.457 e. The fraction of sp³-hybridized carbons (Fsp3) is 0.222. The zero-order valence-electron chi connectivity index (χ0n) is 14.9. The molecule has 0 aliphatic carbocycles. The van der Waals surface area contributed by atoms with E-state index in [0.717, 1.165) is 11.8 Å². The number of thiocarbonyl (C=S) groups is 1. The lowest BCUT2D eigenvalue weighted by atomic mass is 10.1. The Kier molecular flexibility index (Phi) is 5.25. The first kappa shape index (κ1) is 20.1. The van der Waals surface area contributed by atoms with Gasteiger partial charge in [-0.05, 0) is 30.7 Å². The topological polar surface area (TPSA) is 117 Å². The van der Waals surface area contributed by atoms with E-state index in [9.17, 15) is 24.0 Å². The number of nitro benzene ring substituents is 1. The summed E-state index contributed by atoms with van der Waals surface area (Å²) in [4.78, 5) is 24.9. The van der Waals surface area contributed by atoms with Gasteiger partial charge in [-0.25, -0.2) is 0 Å². The molecule has 11 heteroatoms. The summed E-state index contributed by atoms with van der Waals surface area (Å²) in [5.74, 6) is 1.14. The molecule has 0 radical (unpaired) electrons. The van der Waals surface area contributed by atoms with E-state index in [1.165, 1.54) is 17.0 Å². The molecule has 1 atom stereocenters. The van der Waals surface area contributed by atoms with Gasteiger partial charge in [0.25, 0.3) is 11.6 Å². The molecule has 2 aliphatic rings. The van der Waals surface area contributed by atoms with E-state index in [1.54, 1.807) is 30.3 Å². The van der Waals surface area contributed by atoms with Gasteiger partial charge in [0.1, 0.15) is 15.8 Å². The second-order valence-electron chi connectivity index (χ2n) is 6.67. The van der Waals surface area contributed by atoms with Crippen molar-refractivity contribution in [1.29, 1.82) is 0 Å². The van der Waals surface area contributed by atoms with Gasteiger partial charge in [-0.2, -0.15) is 10.6 Å². The Morgan fingerprint density at radius 1 is 1.28 bits per heavy atom. The van der Waals surface area contributed by atoms with Gasteiger partial charge < -0.3 is 4.42 Å². The summed E-state index contributed by atoms with van der Waals surface area (Å²) < 4.78 is 25.8. The summed E-state index contributed by atoms with van der Waals surface area (Å²) in [5.41, 5.74) is 0.673. The highest BCUT2D eigenvalue weighted by Crippen LogP contribution is 2.49. The van der Waals surface area contributed by atoms with Crippen molar-refractivity contribution in [2.24, 2.45) is 0 Å². The van der Waals surface area contributed by atoms with E-state index in [0.29, 0.717) is 32.7 Å². The number of furan rings is 1. The van der Waals surface area contributed by atoms with Gasteiger partial charge in [0.2, 0.25) is 0 Å². The molecule has 2 aliphatic heterocycles. The standard InChI is InChI=1S/C18H16N2O6S3/c21-17-16(28-18(27)19(17)13-7-8-29(24,25)10-13)9-14-5-6-15(26-14)11-1-3-12(4-2-11)20(22)23/h1-6,9,13,24-25H,7-8,10H2. The number of hydrogen-bond donors (Lipinski definition) is 2. The van der Waals surface area contributed by atoms with Crippen molar-refractivity contribution < 1.29 is 23.2 Å². The lowest BCUT2D eigenvalue weighted by Gasteiger charge is -2.28. The van der Waals surface area contributed by atoms with Gasteiger partial charge in [0.05, 0.1) is 21.6 Å². The van der Waals surface area contributed by atoms with Crippen LogP contribution in [0.5, 0.6) is 0 Å². The minimum Gasteiger partial charge on any atom is -0.457 e. The molecule has 152 valence electrons. The highest BCUT2D eigenvalue weighted by molar-refractivity contribution is 8.27. The zero-order valence-corrected chi connectivity index (χ0v) is 17.3. The predicted octanol–water partition coefficient (Wildman–Crippen LogP) is 4.58. The molecule has 1 aromatic carbocycles. The number of rotatable bonds is 4. The molecule has 2 fully saturated rings. The van der Waals surface area contributed by atoms with E-state index in [4.69, 9.17) is 16.6 Å². The number of non-ortho nitro benzene ring substituents is 1. The Bertz CT molecular complexity index is 1030. The third kappa shape index (κ3) is 4.09. The maximum Gasteiger partial charge on any atom is 0.269 e. The molecular weight excluding hydrogens is 436 g/mol. The first-order valence-corrected chi connectivity index (χ1v) is 11.7. The van der Waals surface area contributed by atoms with E-state index < -0.39 is 15.5 Å². The SMILES string of the molecule is O=C1C(=Cc2ccc(-c3ccc([N+](=O)[O-])cc3)o2)SC(=S)N1C1CCS(O)(O)C1. The van der Waals surface area contributed by atoms with E-state index in [2.05, 4.69) is 0 Å². The monoisotopic (exact) mass is 452 g/mol. The highest BCUT2D eigenvalue weighted by Gasteiger charge is 2.42. The number of nitrogens with zero attached hydrogens (tertiary/aromatic N) is 2. The maximum absolute atomic E-state index is 12.8. The summed E-state index contributed by atoms with van der Waals surface area (Å²) in [6.45, 7) is 0. The average molecular weight is 453 g/mol. The van der Waals surface area contributed by atoms with Crippen molar-refractivity contribution in [3.63, 3.8) is 0 Å². The number of hydrogen-bond acceptors (Lipinski definition) is 8. The van der Waals surface area contributed by atoms with Crippen LogP contribution in [0, 0.1) is 10.1 Å². The van der Waals surface area contributed by atoms with Crippen molar-refractivity contribution in [2.45, 2.75) is 12.5 Å². The molecular formula is C18H16N2O6S3. The summed E-state index contributed by atoms with van der Waals surface area (Å²) in [6.07, 6.45) is 2.11. The molecule has 0 saturated carbocycles. The van der Waals surface area contributed by atoms with Crippen molar-refractivity contribution in [1.82, 2.24) is 4.90 Å². The van der Waals surface area contributed by atoms with E-state index in [1.807, 2.05) is 0 Å². The fourth-order valence-corrected chi connectivity index (χ4v) is 6.39. The number of carbonyl (C=O) groups is 1. The van der Waals surface area contributed by atoms with Gasteiger partial charge in [-0.15, -0.1) is 0 Å². The molecule has 8 nitrogen and oxygen atoms in total. The van der Waals surface area contributed by atoms with Crippen LogP contribution in [0.3, 0.4) is 0 Å². The minimum atomic E-state index is -2.63. The number of carbonyl (C=O) groups excluding carboxylic acids is 1. The van der Waals surface area contributed by atoms with Crippen molar-refractivity contribution >= 4 is 56.6 Å². The van der Waals surface area contributed by atoms with Crippen LogP contribution in [-0.4, -0.2) is 46.7 Å². The molecule has 2 saturated heterocycles. The van der Waals surface area contributed by atoms with Gasteiger partial charge in [-0.3, -0.25) is 28.9 Å². The van der Waals surface area contributed by atoms with Crippen LogP contribution >= 0.6 is 34.6 Å². The van der Waals surface area contributed by atoms with Crippen LogP contribution in [0.2, 0.25) is 0 Å². The number of amides is 1. The predicted molar refractivity (Wildman–Crippen MR) is 117 cm³/mol. The first-order chi connectivity index (χ1) is 13.7. The van der Waals surface area contributed by atoms with Crippen LogP contribution in [-0.2, 0) is 4.79 Å². The molecule has 29 heavy (non-hydrogen) atoms. The third-order valence-corrected chi connectivity index (χ3v) is 7.83. The highest BCUT2D eigenvalue weighted by atomic mass is 32.3. The molecule has 0 spiro atoms. The van der Waals surface area contributed by atoms with Crippen molar-refractivity contribution in [3.05, 3.63) is 57.2 Å². The Morgan fingerprint density at radius 3 is 2.62 bits per heavy atom. The molecule has 3 heterocycles. The van der Waals surface area contributed by atoms with Crippen LogP contribution in [0.4, 0.5) is 5.69 Å². The lowest BCUT2D eigenvalue weighted by molar-refractivity contribution is -0.384. The number of nitro groups is 1. The molecule has 2 aromatic rings. The van der Waals surface area contributed by atoms with Crippen LogP contribution in [0.25, 0.3) is 17.4 Å². The number of benzene rings is 1. The average Bonchev–Trinajstić information content (AvgIpc) is 3.34. The Balaban J connectivity index is 1.52.